The fourth-order valence-corrected chi connectivity index (χ4v) is 2.15. The molecule has 1 aromatic heterocycles. The quantitative estimate of drug-likeness (QED) is 0.695. The maximum absolute atomic E-state index is 13.3. The minimum Gasteiger partial charge on any atom is -0.396 e. The summed E-state index contributed by atoms with van der Waals surface area (Å²) in [7, 11) is 1.69. The molecule has 0 aliphatic carbocycles. The number of aromatic nitrogens is 2. The number of nitrogens with zero attached hydrogens (tertiary/aromatic N) is 2. The highest BCUT2D eigenvalue weighted by atomic mass is 35.5. The standard InChI is InChI=1S/C13H13ClFN3O/c1-7-9(13(14)18(2)17-7)6-11(19)8-4-3-5-10(15)12(8)16/h3-5H,6,16H2,1-2H3. The molecule has 0 radical (unpaired) electrons. The first-order valence-electron chi connectivity index (χ1n) is 5.67. The largest absolute Gasteiger partial charge is 0.396 e. The van der Waals surface area contributed by atoms with Gasteiger partial charge in [-0.15, -0.1) is 0 Å². The van der Waals surface area contributed by atoms with Gasteiger partial charge in [-0.05, 0) is 19.1 Å². The summed E-state index contributed by atoms with van der Waals surface area (Å²) < 4.78 is 14.8. The molecule has 1 aromatic carbocycles. The summed E-state index contributed by atoms with van der Waals surface area (Å²) in [5.41, 5.74) is 6.91. The van der Waals surface area contributed by atoms with E-state index in [1.807, 2.05) is 0 Å². The Bertz CT molecular complexity index is 652. The molecule has 4 nitrogen and oxygen atoms in total. The van der Waals surface area contributed by atoms with Gasteiger partial charge in [0.25, 0.3) is 0 Å². The average molecular weight is 282 g/mol. The summed E-state index contributed by atoms with van der Waals surface area (Å²) in [6.07, 6.45) is 0.0478. The lowest BCUT2D eigenvalue weighted by Gasteiger charge is -2.05. The molecule has 0 atom stereocenters. The SMILES string of the molecule is Cc1nn(C)c(Cl)c1CC(=O)c1cccc(F)c1N. The van der Waals surface area contributed by atoms with Gasteiger partial charge in [-0.25, -0.2) is 4.39 Å². The molecular weight excluding hydrogens is 269 g/mol. The number of carbonyl (C=O) groups excluding carboxylic acids is 1. The molecule has 0 fully saturated rings. The summed E-state index contributed by atoms with van der Waals surface area (Å²) in [5.74, 6) is -0.880. The molecule has 2 N–H and O–H groups in total. The van der Waals surface area contributed by atoms with Crippen LogP contribution in [-0.4, -0.2) is 15.6 Å². The number of carbonyl (C=O) groups is 1. The van der Waals surface area contributed by atoms with E-state index < -0.39 is 5.82 Å². The van der Waals surface area contributed by atoms with Crippen LogP contribution in [0.1, 0.15) is 21.6 Å². The van der Waals surface area contributed by atoms with Crippen molar-refractivity contribution >= 4 is 23.1 Å². The molecule has 0 amide bonds. The summed E-state index contributed by atoms with van der Waals surface area (Å²) in [6.45, 7) is 1.77. The Morgan fingerprint density at radius 2 is 2.21 bits per heavy atom. The number of rotatable bonds is 3. The third kappa shape index (κ3) is 2.46. The number of nitrogens with two attached hydrogens (primary N) is 1. The first-order chi connectivity index (χ1) is 8.91. The highest BCUT2D eigenvalue weighted by Gasteiger charge is 2.18. The fraction of sp³-hybridized carbons (Fsp3) is 0.231. The highest BCUT2D eigenvalue weighted by molar-refractivity contribution is 6.30. The molecule has 1 heterocycles. The number of nitrogen functional groups attached to an aromatic ring is 1. The topological polar surface area (TPSA) is 60.9 Å². The van der Waals surface area contributed by atoms with E-state index in [0.717, 1.165) is 0 Å². The van der Waals surface area contributed by atoms with Gasteiger partial charge in [0.15, 0.2) is 5.78 Å². The Morgan fingerprint density at radius 1 is 1.53 bits per heavy atom. The molecule has 0 spiro atoms. The number of anilines is 1. The predicted octanol–water partition coefficient (Wildman–Crippen LogP) is 2.53. The van der Waals surface area contributed by atoms with Gasteiger partial charge in [0.2, 0.25) is 0 Å². The van der Waals surface area contributed by atoms with Crippen LogP contribution in [0.15, 0.2) is 18.2 Å². The first kappa shape index (κ1) is 13.5. The smallest absolute Gasteiger partial charge is 0.169 e. The molecule has 0 saturated carbocycles. The van der Waals surface area contributed by atoms with Gasteiger partial charge in [-0.2, -0.15) is 5.10 Å². The lowest BCUT2D eigenvalue weighted by Crippen LogP contribution is -2.09. The Hall–Kier alpha value is -1.88. The molecule has 0 aliphatic rings. The van der Waals surface area contributed by atoms with E-state index in [1.54, 1.807) is 14.0 Å². The van der Waals surface area contributed by atoms with Crippen molar-refractivity contribution < 1.29 is 9.18 Å². The number of halogens is 2. The zero-order chi connectivity index (χ0) is 14.2. The van der Waals surface area contributed by atoms with E-state index >= 15 is 0 Å². The molecular formula is C13H13ClFN3O. The van der Waals surface area contributed by atoms with E-state index in [0.29, 0.717) is 16.4 Å². The Kier molecular flexibility index (Phi) is 3.57. The molecule has 2 rings (SSSR count). The molecule has 0 unspecified atom stereocenters. The Labute approximate surface area is 115 Å². The van der Waals surface area contributed by atoms with Crippen molar-refractivity contribution in [2.45, 2.75) is 13.3 Å². The molecule has 0 bridgehead atoms. The van der Waals surface area contributed by atoms with Crippen molar-refractivity contribution in [1.82, 2.24) is 9.78 Å². The average Bonchev–Trinajstić information content (AvgIpc) is 2.59. The lowest BCUT2D eigenvalue weighted by molar-refractivity contribution is 0.0993. The number of hydrogen-bond donors (Lipinski definition) is 1. The van der Waals surface area contributed by atoms with Crippen molar-refractivity contribution in [2.24, 2.45) is 7.05 Å². The van der Waals surface area contributed by atoms with Gasteiger partial charge in [0.1, 0.15) is 11.0 Å². The lowest BCUT2D eigenvalue weighted by atomic mass is 10.0. The van der Waals surface area contributed by atoms with E-state index in [2.05, 4.69) is 5.10 Å². The Balaban J connectivity index is 2.34. The predicted molar refractivity (Wildman–Crippen MR) is 71.8 cm³/mol. The molecule has 19 heavy (non-hydrogen) atoms. The van der Waals surface area contributed by atoms with Crippen LogP contribution in [0.4, 0.5) is 10.1 Å². The Morgan fingerprint density at radius 3 is 2.79 bits per heavy atom. The van der Waals surface area contributed by atoms with Crippen LogP contribution in [0, 0.1) is 12.7 Å². The van der Waals surface area contributed by atoms with Crippen LogP contribution in [0.2, 0.25) is 5.15 Å². The van der Waals surface area contributed by atoms with Crippen LogP contribution < -0.4 is 5.73 Å². The monoisotopic (exact) mass is 281 g/mol. The summed E-state index contributed by atoms with van der Waals surface area (Å²) in [6, 6.07) is 4.17. The fourth-order valence-electron chi connectivity index (χ4n) is 1.91. The second-order valence-electron chi connectivity index (χ2n) is 4.28. The number of benzene rings is 1. The zero-order valence-electron chi connectivity index (χ0n) is 10.6. The minimum absolute atomic E-state index is 0.0478. The second kappa shape index (κ2) is 5.01. The zero-order valence-corrected chi connectivity index (χ0v) is 11.3. The van der Waals surface area contributed by atoms with Crippen molar-refractivity contribution in [3.63, 3.8) is 0 Å². The van der Waals surface area contributed by atoms with Gasteiger partial charge in [0, 0.05) is 24.6 Å². The van der Waals surface area contributed by atoms with Crippen LogP contribution in [0.3, 0.4) is 0 Å². The second-order valence-corrected chi connectivity index (χ2v) is 4.64. The van der Waals surface area contributed by atoms with Crippen molar-refractivity contribution in [2.75, 3.05) is 5.73 Å². The van der Waals surface area contributed by atoms with Crippen LogP contribution in [0.5, 0.6) is 0 Å². The first-order valence-corrected chi connectivity index (χ1v) is 6.04. The molecule has 0 aliphatic heterocycles. The number of hydrogen-bond acceptors (Lipinski definition) is 3. The van der Waals surface area contributed by atoms with Gasteiger partial charge >= 0.3 is 0 Å². The van der Waals surface area contributed by atoms with Crippen molar-refractivity contribution in [1.29, 1.82) is 0 Å². The van der Waals surface area contributed by atoms with E-state index in [9.17, 15) is 9.18 Å². The van der Waals surface area contributed by atoms with Crippen molar-refractivity contribution in [3.05, 3.63) is 46.0 Å². The third-order valence-corrected chi connectivity index (χ3v) is 3.43. The van der Waals surface area contributed by atoms with Crippen LogP contribution >= 0.6 is 11.6 Å². The highest BCUT2D eigenvalue weighted by Crippen LogP contribution is 2.23. The summed E-state index contributed by atoms with van der Waals surface area (Å²) in [4.78, 5) is 12.2. The van der Waals surface area contributed by atoms with E-state index in [1.165, 1.54) is 22.9 Å². The molecule has 2 aromatic rings. The summed E-state index contributed by atoms with van der Waals surface area (Å²) >= 11 is 6.06. The number of para-hydroxylation sites is 1. The number of aryl methyl sites for hydroxylation is 2. The molecule has 6 heteroatoms. The maximum Gasteiger partial charge on any atom is 0.169 e. The van der Waals surface area contributed by atoms with Gasteiger partial charge in [-0.3, -0.25) is 9.48 Å². The van der Waals surface area contributed by atoms with Gasteiger partial charge < -0.3 is 5.73 Å². The number of Topliss-reactive ketones (excluding diaryl/α,β-unsaturated/α-hetero) is 1. The van der Waals surface area contributed by atoms with Crippen LogP contribution in [0.25, 0.3) is 0 Å². The number of ketones is 1. The van der Waals surface area contributed by atoms with Crippen LogP contribution in [-0.2, 0) is 13.5 Å². The minimum atomic E-state index is -0.597. The normalized spacial score (nSPS) is 10.7. The van der Waals surface area contributed by atoms with E-state index in [4.69, 9.17) is 17.3 Å². The van der Waals surface area contributed by atoms with Gasteiger partial charge in [0.05, 0.1) is 11.4 Å². The molecule has 0 saturated heterocycles. The van der Waals surface area contributed by atoms with Crippen molar-refractivity contribution in [3.8, 4) is 0 Å². The maximum atomic E-state index is 13.3. The van der Waals surface area contributed by atoms with E-state index in [-0.39, 0.29) is 23.5 Å². The van der Waals surface area contributed by atoms with Gasteiger partial charge in [-0.1, -0.05) is 17.7 Å². The summed E-state index contributed by atoms with van der Waals surface area (Å²) in [5, 5.41) is 4.53. The third-order valence-electron chi connectivity index (χ3n) is 2.96. The molecule has 100 valence electrons.